The van der Waals surface area contributed by atoms with Crippen LogP contribution in [0.1, 0.15) is 24.5 Å². The van der Waals surface area contributed by atoms with Gasteiger partial charge in [-0.25, -0.2) is 8.42 Å². The van der Waals surface area contributed by atoms with Gasteiger partial charge in [0.05, 0.1) is 11.0 Å². The predicted molar refractivity (Wildman–Crippen MR) is 57.4 cm³/mol. The average molecular weight is 247 g/mol. The minimum atomic E-state index is -3.64. The average Bonchev–Trinajstić information content (AvgIpc) is 2.69. The molecule has 1 fully saturated rings. The highest BCUT2D eigenvalue weighted by Gasteiger charge is 2.19. The van der Waals surface area contributed by atoms with Crippen molar-refractivity contribution in [1.29, 1.82) is 0 Å². The molecule has 15 heavy (non-hydrogen) atoms. The van der Waals surface area contributed by atoms with E-state index in [2.05, 4.69) is 0 Å². The topological polar surface area (TPSA) is 43.4 Å². The molecule has 1 saturated heterocycles. The fourth-order valence-corrected chi connectivity index (χ4v) is 2.51. The van der Waals surface area contributed by atoms with Gasteiger partial charge >= 0.3 is 0 Å². The molecule has 3 nitrogen and oxygen atoms in total. The fourth-order valence-electron chi connectivity index (χ4n) is 1.71. The van der Waals surface area contributed by atoms with Crippen LogP contribution in [0.4, 0.5) is 0 Å². The third kappa shape index (κ3) is 2.51. The molecular weight excluding hydrogens is 236 g/mol. The SMILES string of the molecule is O=S(=O)(Cl)c1cccc(C2CCCO2)c1. The first-order valence-electron chi connectivity index (χ1n) is 4.73. The Morgan fingerprint density at radius 3 is 2.80 bits per heavy atom. The lowest BCUT2D eigenvalue weighted by Crippen LogP contribution is -1.98. The summed E-state index contributed by atoms with van der Waals surface area (Å²) in [6, 6.07) is 6.62. The smallest absolute Gasteiger partial charge is 0.261 e. The van der Waals surface area contributed by atoms with Gasteiger partial charge in [0.1, 0.15) is 0 Å². The van der Waals surface area contributed by atoms with E-state index < -0.39 is 9.05 Å². The zero-order valence-corrected chi connectivity index (χ0v) is 9.59. The first kappa shape index (κ1) is 10.9. The molecule has 0 N–H and O–H groups in total. The molecule has 0 saturated carbocycles. The third-order valence-corrected chi connectivity index (χ3v) is 3.79. The molecule has 5 heteroatoms. The summed E-state index contributed by atoms with van der Waals surface area (Å²) >= 11 is 0. The highest BCUT2D eigenvalue weighted by molar-refractivity contribution is 8.13. The van der Waals surface area contributed by atoms with E-state index in [1.165, 1.54) is 6.07 Å². The van der Waals surface area contributed by atoms with Gasteiger partial charge in [-0.05, 0) is 30.5 Å². The van der Waals surface area contributed by atoms with Gasteiger partial charge in [0.25, 0.3) is 9.05 Å². The van der Waals surface area contributed by atoms with Gasteiger partial charge in [0.2, 0.25) is 0 Å². The number of hydrogen-bond acceptors (Lipinski definition) is 3. The third-order valence-electron chi connectivity index (χ3n) is 2.44. The second kappa shape index (κ2) is 4.12. The van der Waals surface area contributed by atoms with Crippen molar-refractivity contribution < 1.29 is 13.2 Å². The van der Waals surface area contributed by atoms with Crippen molar-refractivity contribution in [3.05, 3.63) is 29.8 Å². The van der Waals surface area contributed by atoms with Crippen LogP contribution in [0, 0.1) is 0 Å². The van der Waals surface area contributed by atoms with Crippen LogP contribution >= 0.6 is 10.7 Å². The maximum atomic E-state index is 11.1. The number of ether oxygens (including phenoxy) is 1. The van der Waals surface area contributed by atoms with Gasteiger partial charge in [-0.15, -0.1) is 0 Å². The molecule has 0 bridgehead atoms. The molecule has 0 radical (unpaired) electrons. The van der Waals surface area contributed by atoms with Crippen molar-refractivity contribution in [2.24, 2.45) is 0 Å². The summed E-state index contributed by atoms with van der Waals surface area (Å²) in [6.45, 7) is 0.739. The lowest BCUT2D eigenvalue weighted by molar-refractivity contribution is 0.112. The zero-order chi connectivity index (χ0) is 10.9. The summed E-state index contributed by atoms with van der Waals surface area (Å²) in [6.07, 6.45) is 1.97. The minimum absolute atomic E-state index is 0.0170. The van der Waals surface area contributed by atoms with Gasteiger partial charge in [-0.2, -0.15) is 0 Å². The quantitative estimate of drug-likeness (QED) is 0.753. The molecule has 2 rings (SSSR count). The lowest BCUT2D eigenvalue weighted by atomic mass is 10.1. The number of benzene rings is 1. The van der Waals surface area contributed by atoms with Crippen LogP contribution in [0.3, 0.4) is 0 Å². The molecule has 1 aromatic carbocycles. The maximum absolute atomic E-state index is 11.1. The standard InChI is InChI=1S/C10H11ClO3S/c11-15(12,13)9-4-1-3-8(7-9)10-5-2-6-14-10/h1,3-4,7,10H,2,5-6H2. The highest BCUT2D eigenvalue weighted by Crippen LogP contribution is 2.30. The Balaban J connectivity index is 2.34. The zero-order valence-electron chi connectivity index (χ0n) is 8.02. The van der Waals surface area contributed by atoms with Crippen molar-refractivity contribution in [2.75, 3.05) is 6.61 Å². The van der Waals surface area contributed by atoms with Crippen molar-refractivity contribution in [1.82, 2.24) is 0 Å². The van der Waals surface area contributed by atoms with Crippen molar-refractivity contribution in [3.8, 4) is 0 Å². The number of halogens is 1. The fraction of sp³-hybridized carbons (Fsp3) is 0.400. The predicted octanol–water partition coefficient (Wildman–Crippen LogP) is 2.47. The molecule has 1 aromatic rings. The first-order chi connectivity index (χ1) is 7.07. The molecule has 1 aliphatic rings. The van der Waals surface area contributed by atoms with Crippen LogP contribution < -0.4 is 0 Å². The van der Waals surface area contributed by atoms with Gasteiger partial charge in [0.15, 0.2) is 0 Å². The monoisotopic (exact) mass is 246 g/mol. The lowest BCUT2D eigenvalue weighted by Gasteiger charge is -2.09. The van der Waals surface area contributed by atoms with Crippen LogP contribution in [0.15, 0.2) is 29.2 Å². The Bertz CT molecular complexity index is 449. The van der Waals surface area contributed by atoms with E-state index in [0.29, 0.717) is 0 Å². The maximum Gasteiger partial charge on any atom is 0.261 e. The van der Waals surface area contributed by atoms with E-state index >= 15 is 0 Å². The van der Waals surface area contributed by atoms with E-state index in [1.54, 1.807) is 12.1 Å². The summed E-state index contributed by atoms with van der Waals surface area (Å²) in [7, 11) is 1.63. The summed E-state index contributed by atoms with van der Waals surface area (Å²) in [5.74, 6) is 0. The molecular formula is C10H11ClO3S. The highest BCUT2D eigenvalue weighted by atomic mass is 35.7. The Labute approximate surface area is 93.4 Å². The largest absolute Gasteiger partial charge is 0.374 e. The van der Waals surface area contributed by atoms with E-state index in [0.717, 1.165) is 25.0 Å². The number of hydrogen-bond donors (Lipinski definition) is 0. The molecule has 1 atom stereocenters. The Morgan fingerprint density at radius 2 is 2.20 bits per heavy atom. The van der Waals surface area contributed by atoms with Crippen molar-refractivity contribution in [3.63, 3.8) is 0 Å². The molecule has 0 amide bonds. The van der Waals surface area contributed by atoms with Gasteiger partial charge in [0, 0.05) is 17.3 Å². The second-order valence-electron chi connectivity index (χ2n) is 3.51. The van der Waals surface area contributed by atoms with Gasteiger partial charge < -0.3 is 4.74 Å². The van der Waals surface area contributed by atoms with E-state index in [1.807, 2.05) is 6.07 Å². The second-order valence-corrected chi connectivity index (χ2v) is 6.08. The minimum Gasteiger partial charge on any atom is -0.374 e. The molecule has 1 unspecified atom stereocenters. The molecule has 1 aliphatic heterocycles. The van der Waals surface area contributed by atoms with Crippen LogP contribution in [0.25, 0.3) is 0 Å². The Morgan fingerprint density at radius 1 is 1.40 bits per heavy atom. The van der Waals surface area contributed by atoms with Crippen LogP contribution in [0.2, 0.25) is 0 Å². The normalized spacial score (nSPS) is 21.8. The summed E-state index contributed by atoms with van der Waals surface area (Å²) in [5.41, 5.74) is 0.884. The summed E-state index contributed by atoms with van der Waals surface area (Å²) < 4.78 is 27.7. The molecule has 0 spiro atoms. The van der Waals surface area contributed by atoms with Crippen molar-refractivity contribution in [2.45, 2.75) is 23.8 Å². The van der Waals surface area contributed by atoms with Crippen molar-refractivity contribution >= 4 is 19.7 Å². The van der Waals surface area contributed by atoms with Crippen LogP contribution in [-0.4, -0.2) is 15.0 Å². The molecule has 1 heterocycles. The first-order valence-corrected chi connectivity index (χ1v) is 7.04. The van der Waals surface area contributed by atoms with E-state index in [-0.39, 0.29) is 11.0 Å². The van der Waals surface area contributed by atoms with Gasteiger partial charge in [-0.1, -0.05) is 12.1 Å². The molecule has 0 aliphatic carbocycles. The summed E-state index contributed by atoms with van der Waals surface area (Å²) in [5, 5.41) is 0. The summed E-state index contributed by atoms with van der Waals surface area (Å²) in [4.78, 5) is 0.136. The Kier molecular flexibility index (Phi) is 3.00. The molecule has 82 valence electrons. The number of rotatable bonds is 2. The van der Waals surface area contributed by atoms with E-state index in [9.17, 15) is 8.42 Å². The van der Waals surface area contributed by atoms with E-state index in [4.69, 9.17) is 15.4 Å². The van der Waals surface area contributed by atoms with Crippen LogP contribution in [0.5, 0.6) is 0 Å². The Hall–Kier alpha value is -0.580. The van der Waals surface area contributed by atoms with Gasteiger partial charge in [-0.3, -0.25) is 0 Å². The molecule has 0 aromatic heterocycles. The van der Waals surface area contributed by atoms with Crippen LogP contribution in [-0.2, 0) is 13.8 Å².